The maximum atomic E-state index is 12.5. The molecular weight excluding hydrogens is 276 g/mol. The predicted molar refractivity (Wildman–Crippen MR) is 71.8 cm³/mol. The molecule has 1 atom stereocenters. The van der Waals surface area contributed by atoms with Gasteiger partial charge in [0, 0.05) is 19.2 Å². The molecule has 2 aromatic rings. The lowest BCUT2D eigenvalue weighted by Crippen LogP contribution is -2.52. The van der Waals surface area contributed by atoms with Gasteiger partial charge in [-0.05, 0) is 18.2 Å². The fraction of sp³-hybridized carbons (Fsp3) is 0.385. The van der Waals surface area contributed by atoms with Gasteiger partial charge in [0.25, 0.3) is 5.91 Å². The van der Waals surface area contributed by atoms with E-state index in [2.05, 4.69) is 10.3 Å². The average molecular weight is 290 g/mol. The molecule has 1 saturated heterocycles. The van der Waals surface area contributed by atoms with Crippen molar-refractivity contribution >= 4 is 22.9 Å². The van der Waals surface area contributed by atoms with Crippen molar-refractivity contribution in [2.24, 2.45) is 7.05 Å². The molecule has 21 heavy (non-hydrogen) atoms. The SMILES string of the molecule is Cn1nnc2cc(C(=O)N3CCOCC3C(=O)O)ccc21. The van der Waals surface area contributed by atoms with Crippen LogP contribution in [0.2, 0.25) is 0 Å². The van der Waals surface area contributed by atoms with E-state index in [4.69, 9.17) is 4.74 Å². The van der Waals surface area contributed by atoms with Gasteiger partial charge >= 0.3 is 5.97 Å². The first-order chi connectivity index (χ1) is 10.1. The largest absolute Gasteiger partial charge is 0.480 e. The maximum Gasteiger partial charge on any atom is 0.328 e. The predicted octanol–water partition coefficient (Wildman–Crippen LogP) is -0.106. The van der Waals surface area contributed by atoms with Gasteiger partial charge in [0.05, 0.1) is 18.7 Å². The Bertz CT molecular complexity index is 711. The summed E-state index contributed by atoms with van der Waals surface area (Å²) in [5, 5.41) is 17.0. The summed E-state index contributed by atoms with van der Waals surface area (Å²) in [6.45, 7) is 0.603. The number of amides is 1. The Morgan fingerprint density at radius 2 is 2.24 bits per heavy atom. The summed E-state index contributed by atoms with van der Waals surface area (Å²) in [6, 6.07) is 4.07. The Balaban J connectivity index is 1.93. The number of hydrogen-bond acceptors (Lipinski definition) is 5. The minimum atomic E-state index is -1.07. The number of fused-ring (bicyclic) bond motifs is 1. The van der Waals surface area contributed by atoms with Crippen LogP contribution in [-0.4, -0.2) is 62.7 Å². The monoisotopic (exact) mass is 290 g/mol. The Kier molecular flexibility index (Phi) is 3.30. The number of carbonyl (C=O) groups is 2. The van der Waals surface area contributed by atoms with Gasteiger partial charge < -0.3 is 14.7 Å². The smallest absolute Gasteiger partial charge is 0.328 e. The number of carboxylic acids is 1. The second kappa shape index (κ2) is 5.13. The number of aliphatic carboxylic acids is 1. The van der Waals surface area contributed by atoms with Crippen LogP contribution in [0.1, 0.15) is 10.4 Å². The number of benzene rings is 1. The zero-order valence-electron chi connectivity index (χ0n) is 11.4. The fourth-order valence-electron chi connectivity index (χ4n) is 2.39. The van der Waals surface area contributed by atoms with E-state index in [1.807, 2.05) is 0 Å². The van der Waals surface area contributed by atoms with Gasteiger partial charge in [0.1, 0.15) is 5.52 Å². The molecule has 1 aromatic carbocycles. The highest BCUT2D eigenvalue weighted by atomic mass is 16.5. The molecule has 1 aliphatic rings. The third-order valence-corrected chi connectivity index (χ3v) is 3.53. The molecule has 2 heterocycles. The molecule has 3 rings (SSSR count). The van der Waals surface area contributed by atoms with Crippen molar-refractivity contribution < 1.29 is 19.4 Å². The van der Waals surface area contributed by atoms with E-state index in [-0.39, 0.29) is 19.1 Å². The Morgan fingerprint density at radius 1 is 1.43 bits per heavy atom. The molecule has 1 aromatic heterocycles. The highest BCUT2D eigenvalue weighted by Gasteiger charge is 2.33. The molecule has 0 saturated carbocycles. The molecule has 0 radical (unpaired) electrons. The maximum absolute atomic E-state index is 12.5. The highest BCUT2D eigenvalue weighted by Crippen LogP contribution is 2.17. The average Bonchev–Trinajstić information content (AvgIpc) is 2.87. The van der Waals surface area contributed by atoms with E-state index in [1.54, 1.807) is 29.9 Å². The van der Waals surface area contributed by atoms with Crippen molar-refractivity contribution in [3.63, 3.8) is 0 Å². The summed E-state index contributed by atoms with van der Waals surface area (Å²) in [7, 11) is 1.76. The van der Waals surface area contributed by atoms with Gasteiger partial charge in [-0.1, -0.05) is 5.21 Å². The van der Waals surface area contributed by atoms with Crippen LogP contribution in [0.25, 0.3) is 11.0 Å². The first kappa shape index (κ1) is 13.5. The van der Waals surface area contributed by atoms with Crippen molar-refractivity contribution in [3.8, 4) is 0 Å². The van der Waals surface area contributed by atoms with Crippen LogP contribution in [0.15, 0.2) is 18.2 Å². The molecule has 0 aliphatic carbocycles. The van der Waals surface area contributed by atoms with Gasteiger partial charge in [-0.3, -0.25) is 4.79 Å². The molecular formula is C13H14N4O4. The summed E-state index contributed by atoms with van der Waals surface area (Å²) >= 11 is 0. The van der Waals surface area contributed by atoms with Crippen LogP contribution in [0, 0.1) is 0 Å². The van der Waals surface area contributed by atoms with E-state index in [0.29, 0.717) is 17.7 Å². The lowest BCUT2D eigenvalue weighted by molar-refractivity contribution is -0.147. The summed E-state index contributed by atoms with van der Waals surface area (Å²) in [5.41, 5.74) is 1.81. The topological polar surface area (TPSA) is 97.5 Å². The van der Waals surface area contributed by atoms with Crippen molar-refractivity contribution in [1.82, 2.24) is 19.9 Å². The molecule has 8 heteroatoms. The molecule has 1 aliphatic heterocycles. The van der Waals surface area contributed by atoms with Crippen LogP contribution in [0.3, 0.4) is 0 Å². The minimum absolute atomic E-state index is 0.00839. The number of carbonyl (C=O) groups excluding carboxylic acids is 1. The summed E-state index contributed by atoms with van der Waals surface area (Å²) in [6.07, 6.45) is 0. The molecule has 0 spiro atoms. The van der Waals surface area contributed by atoms with E-state index in [1.165, 1.54) is 4.90 Å². The number of ether oxygens (including phenoxy) is 1. The number of rotatable bonds is 2. The number of hydrogen-bond donors (Lipinski definition) is 1. The molecule has 1 unspecified atom stereocenters. The van der Waals surface area contributed by atoms with E-state index in [9.17, 15) is 14.7 Å². The van der Waals surface area contributed by atoms with Gasteiger partial charge in [-0.25, -0.2) is 9.48 Å². The third-order valence-electron chi connectivity index (χ3n) is 3.53. The Hall–Kier alpha value is -2.48. The number of aryl methyl sites for hydroxylation is 1. The van der Waals surface area contributed by atoms with Crippen LogP contribution in [0.4, 0.5) is 0 Å². The number of aromatic nitrogens is 3. The molecule has 1 N–H and O–H groups in total. The van der Waals surface area contributed by atoms with Crippen molar-refractivity contribution in [1.29, 1.82) is 0 Å². The van der Waals surface area contributed by atoms with E-state index in [0.717, 1.165) is 5.52 Å². The van der Waals surface area contributed by atoms with Gasteiger partial charge in [0.2, 0.25) is 0 Å². The van der Waals surface area contributed by atoms with Crippen molar-refractivity contribution in [2.45, 2.75) is 6.04 Å². The summed E-state index contributed by atoms with van der Waals surface area (Å²) < 4.78 is 6.74. The van der Waals surface area contributed by atoms with Crippen LogP contribution in [-0.2, 0) is 16.6 Å². The second-order valence-electron chi connectivity index (χ2n) is 4.84. The van der Waals surface area contributed by atoms with Gasteiger partial charge in [-0.15, -0.1) is 5.10 Å². The number of carboxylic acid groups (broad SMARTS) is 1. The zero-order chi connectivity index (χ0) is 15.0. The Morgan fingerprint density at radius 3 is 3.00 bits per heavy atom. The lowest BCUT2D eigenvalue weighted by Gasteiger charge is -2.32. The highest BCUT2D eigenvalue weighted by molar-refractivity contribution is 5.99. The van der Waals surface area contributed by atoms with Crippen molar-refractivity contribution in [2.75, 3.05) is 19.8 Å². The number of morpholine rings is 1. The quantitative estimate of drug-likeness (QED) is 0.829. The zero-order valence-corrected chi connectivity index (χ0v) is 11.4. The fourth-order valence-corrected chi connectivity index (χ4v) is 2.39. The van der Waals surface area contributed by atoms with Crippen LogP contribution in [0.5, 0.6) is 0 Å². The molecule has 1 amide bonds. The molecule has 110 valence electrons. The van der Waals surface area contributed by atoms with Crippen LogP contribution >= 0.6 is 0 Å². The van der Waals surface area contributed by atoms with Gasteiger partial charge in [0.15, 0.2) is 6.04 Å². The first-order valence-corrected chi connectivity index (χ1v) is 6.49. The minimum Gasteiger partial charge on any atom is -0.480 e. The molecule has 8 nitrogen and oxygen atoms in total. The normalized spacial score (nSPS) is 18.9. The second-order valence-corrected chi connectivity index (χ2v) is 4.84. The van der Waals surface area contributed by atoms with E-state index >= 15 is 0 Å². The van der Waals surface area contributed by atoms with Crippen LogP contribution < -0.4 is 0 Å². The standard InChI is InChI=1S/C13H14N4O4/c1-16-10-3-2-8(6-9(10)14-15-16)12(18)17-4-5-21-7-11(17)13(19)20/h2-3,6,11H,4-5,7H2,1H3,(H,19,20). The third kappa shape index (κ3) is 2.33. The first-order valence-electron chi connectivity index (χ1n) is 6.49. The summed E-state index contributed by atoms with van der Waals surface area (Å²) in [5.74, 6) is -1.40. The van der Waals surface area contributed by atoms with Gasteiger partial charge in [-0.2, -0.15) is 0 Å². The molecule has 0 bridgehead atoms. The summed E-state index contributed by atoms with van der Waals surface area (Å²) in [4.78, 5) is 25.1. The number of nitrogens with zero attached hydrogens (tertiary/aromatic N) is 4. The molecule has 1 fully saturated rings. The Labute approximate surface area is 119 Å². The van der Waals surface area contributed by atoms with Crippen molar-refractivity contribution in [3.05, 3.63) is 23.8 Å². The van der Waals surface area contributed by atoms with E-state index < -0.39 is 12.0 Å². The lowest BCUT2D eigenvalue weighted by atomic mass is 10.1.